The molecule has 0 atom stereocenters. The molecule has 86 valence electrons. The molecule has 0 amide bonds. The number of hydrogen-bond donors (Lipinski definition) is 2. The smallest absolute Gasteiger partial charge is 0.211 e. The van der Waals surface area contributed by atoms with Crippen LogP contribution in [0.1, 0.15) is 18.5 Å². The summed E-state index contributed by atoms with van der Waals surface area (Å²) in [6.07, 6.45) is 2.88. The van der Waals surface area contributed by atoms with Gasteiger partial charge in [-0.1, -0.05) is 0 Å². The minimum atomic E-state index is -3.19. The molecule has 0 spiro atoms. The van der Waals surface area contributed by atoms with E-state index in [1.54, 1.807) is 12.3 Å². The molecule has 1 aromatic heterocycles. The number of nitrogens with zero attached hydrogens (tertiary/aromatic N) is 1. The number of H-pyrrole nitrogens is 1. The Balaban J connectivity index is 2.30. The van der Waals surface area contributed by atoms with E-state index in [-0.39, 0.29) is 12.3 Å². The zero-order chi connectivity index (χ0) is 11.1. The SMILES string of the molecule is O=S(=O)(CCCCCl)NCc1ccn[nH]1. The van der Waals surface area contributed by atoms with Crippen molar-refractivity contribution in [2.24, 2.45) is 0 Å². The van der Waals surface area contributed by atoms with Crippen molar-refractivity contribution < 1.29 is 8.42 Å². The third kappa shape index (κ3) is 5.15. The van der Waals surface area contributed by atoms with Crippen LogP contribution in [0.4, 0.5) is 0 Å². The highest BCUT2D eigenvalue weighted by molar-refractivity contribution is 7.89. The van der Waals surface area contributed by atoms with Crippen molar-refractivity contribution in [3.63, 3.8) is 0 Å². The first-order valence-corrected chi connectivity index (χ1v) is 6.84. The first kappa shape index (κ1) is 12.5. The minimum Gasteiger partial charge on any atom is -0.281 e. The molecule has 1 heterocycles. The summed E-state index contributed by atoms with van der Waals surface area (Å²) >= 11 is 5.46. The molecule has 0 aliphatic heterocycles. The van der Waals surface area contributed by atoms with Crippen molar-refractivity contribution in [3.8, 4) is 0 Å². The molecule has 0 unspecified atom stereocenters. The van der Waals surface area contributed by atoms with Crippen molar-refractivity contribution in [1.29, 1.82) is 0 Å². The summed E-state index contributed by atoms with van der Waals surface area (Å²) in [7, 11) is -3.19. The molecule has 0 fully saturated rings. The molecule has 0 radical (unpaired) electrons. The van der Waals surface area contributed by atoms with Gasteiger partial charge in [-0.15, -0.1) is 11.6 Å². The Hall–Kier alpha value is -0.590. The number of rotatable bonds is 7. The second-order valence-corrected chi connectivity index (χ2v) is 5.42. The summed E-state index contributed by atoms with van der Waals surface area (Å²) in [6, 6.07) is 1.72. The van der Waals surface area contributed by atoms with Gasteiger partial charge in [-0.3, -0.25) is 5.10 Å². The van der Waals surface area contributed by atoms with Gasteiger partial charge in [0.05, 0.1) is 18.0 Å². The molecule has 7 heteroatoms. The second-order valence-electron chi connectivity index (χ2n) is 3.12. The third-order valence-corrected chi connectivity index (χ3v) is 3.52. The Morgan fingerprint density at radius 1 is 1.47 bits per heavy atom. The van der Waals surface area contributed by atoms with Crippen LogP contribution in [0.5, 0.6) is 0 Å². The van der Waals surface area contributed by atoms with Crippen molar-refractivity contribution in [2.45, 2.75) is 19.4 Å². The summed E-state index contributed by atoms with van der Waals surface area (Å²) in [6.45, 7) is 0.253. The van der Waals surface area contributed by atoms with Gasteiger partial charge < -0.3 is 0 Å². The van der Waals surface area contributed by atoms with Gasteiger partial charge in [0.2, 0.25) is 10.0 Å². The van der Waals surface area contributed by atoms with Crippen molar-refractivity contribution in [1.82, 2.24) is 14.9 Å². The predicted octanol–water partition coefficient (Wildman–Crippen LogP) is 0.848. The standard InChI is InChI=1S/C8H14ClN3O2S/c9-4-1-2-6-15(13,14)11-7-8-3-5-10-12-8/h3,5,11H,1-2,4,6-7H2,(H,10,12). The van der Waals surface area contributed by atoms with Gasteiger partial charge in [0, 0.05) is 12.1 Å². The van der Waals surface area contributed by atoms with Crippen LogP contribution >= 0.6 is 11.6 Å². The monoisotopic (exact) mass is 251 g/mol. The largest absolute Gasteiger partial charge is 0.281 e. The summed E-state index contributed by atoms with van der Waals surface area (Å²) in [4.78, 5) is 0. The Morgan fingerprint density at radius 3 is 2.87 bits per heavy atom. The van der Waals surface area contributed by atoms with E-state index in [0.717, 1.165) is 5.69 Å². The molecule has 0 saturated carbocycles. The molecule has 1 rings (SSSR count). The molecule has 0 saturated heterocycles. The summed E-state index contributed by atoms with van der Waals surface area (Å²) in [5, 5.41) is 6.40. The summed E-state index contributed by atoms with van der Waals surface area (Å²) in [5.41, 5.74) is 0.746. The van der Waals surface area contributed by atoms with Crippen molar-refractivity contribution in [3.05, 3.63) is 18.0 Å². The number of sulfonamides is 1. The number of halogens is 1. The minimum absolute atomic E-state index is 0.119. The van der Waals surface area contributed by atoms with Crippen LogP contribution in [-0.2, 0) is 16.6 Å². The number of alkyl halides is 1. The van der Waals surface area contributed by atoms with E-state index >= 15 is 0 Å². The highest BCUT2D eigenvalue weighted by Crippen LogP contribution is 1.98. The van der Waals surface area contributed by atoms with Gasteiger partial charge in [-0.25, -0.2) is 13.1 Å². The van der Waals surface area contributed by atoms with Crippen LogP contribution in [0.25, 0.3) is 0 Å². The maximum atomic E-state index is 11.4. The van der Waals surface area contributed by atoms with Crippen molar-refractivity contribution >= 4 is 21.6 Å². The highest BCUT2D eigenvalue weighted by atomic mass is 35.5. The third-order valence-electron chi connectivity index (χ3n) is 1.84. The summed E-state index contributed by atoms with van der Waals surface area (Å²) in [5.74, 6) is 0.615. The lowest BCUT2D eigenvalue weighted by molar-refractivity contribution is 0.577. The topological polar surface area (TPSA) is 74.8 Å². The quantitative estimate of drug-likeness (QED) is 0.557. The molecule has 5 nitrogen and oxygen atoms in total. The van der Waals surface area contributed by atoms with E-state index in [2.05, 4.69) is 14.9 Å². The first-order valence-electron chi connectivity index (χ1n) is 4.65. The number of nitrogens with one attached hydrogen (secondary N) is 2. The average molecular weight is 252 g/mol. The molecule has 2 N–H and O–H groups in total. The van der Waals surface area contributed by atoms with Gasteiger partial charge in [-0.05, 0) is 18.9 Å². The predicted molar refractivity (Wildman–Crippen MR) is 59.2 cm³/mol. The number of aromatic amines is 1. The van der Waals surface area contributed by atoms with Gasteiger partial charge in [-0.2, -0.15) is 5.10 Å². The lowest BCUT2D eigenvalue weighted by Crippen LogP contribution is -2.26. The molecular formula is C8H14ClN3O2S. The Bertz CT molecular complexity index is 363. The van der Waals surface area contributed by atoms with Gasteiger partial charge in [0.1, 0.15) is 0 Å². The van der Waals surface area contributed by atoms with Gasteiger partial charge in [0.25, 0.3) is 0 Å². The Kier molecular flexibility index (Phi) is 5.07. The number of hydrogen-bond acceptors (Lipinski definition) is 3. The molecule has 0 aliphatic carbocycles. The first-order chi connectivity index (χ1) is 7.14. The second kappa shape index (κ2) is 6.09. The van der Waals surface area contributed by atoms with Crippen LogP contribution in [0.15, 0.2) is 12.3 Å². The van der Waals surface area contributed by atoms with Crippen LogP contribution in [0.3, 0.4) is 0 Å². The molecule has 15 heavy (non-hydrogen) atoms. The van der Waals surface area contributed by atoms with Gasteiger partial charge >= 0.3 is 0 Å². The Labute approximate surface area is 94.3 Å². The fraction of sp³-hybridized carbons (Fsp3) is 0.625. The van der Waals surface area contributed by atoms with E-state index < -0.39 is 10.0 Å². The van der Waals surface area contributed by atoms with E-state index in [1.165, 1.54) is 0 Å². The van der Waals surface area contributed by atoms with Crippen LogP contribution in [-0.4, -0.2) is 30.2 Å². The lowest BCUT2D eigenvalue weighted by Gasteiger charge is -2.04. The molecule has 0 bridgehead atoms. The maximum absolute atomic E-state index is 11.4. The van der Waals surface area contributed by atoms with E-state index in [4.69, 9.17) is 11.6 Å². The van der Waals surface area contributed by atoms with E-state index in [1.807, 2.05) is 0 Å². The average Bonchev–Trinajstić information content (AvgIpc) is 2.68. The van der Waals surface area contributed by atoms with Crippen LogP contribution in [0, 0.1) is 0 Å². The number of unbranched alkanes of at least 4 members (excludes halogenated alkanes) is 1. The van der Waals surface area contributed by atoms with E-state index in [9.17, 15) is 8.42 Å². The fourth-order valence-electron chi connectivity index (χ4n) is 1.03. The zero-order valence-corrected chi connectivity index (χ0v) is 9.81. The lowest BCUT2D eigenvalue weighted by atomic mass is 10.4. The van der Waals surface area contributed by atoms with E-state index in [0.29, 0.717) is 18.7 Å². The molecular weight excluding hydrogens is 238 g/mol. The van der Waals surface area contributed by atoms with Crippen LogP contribution < -0.4 is 4.72 Å². The van der Waals surface area contributed by atoms with Crippen LogP contribution in [0.2, 0.25) is 0 Å². The molecule has 1 aromatic rings. The normalized spacial score (nSPS) is 11.8. The van der Waals surface area contributed by atoms with Crippen molar-refractivity contribution in [2.75, 3.05) is 11.6 Å². The molecule has 0 aliphatic rings. The zero-order valence-electron chi connectivity index (χ0n) is 8.24. The fourth-order valence-corrected chi connectivity index (χ4v) is 2.32. The Morgan fingerprint density at radius 2 is 2.27 bits per heavy atom. The summed E-state index contributed by atoms with van der Waals surface area (Å²) < 4.78 is 25.3. The molecule has 0 aromatic carbocycles. The number of aromatic nitrogens is 2. The van der Waals surface area contributed by atoms with Gasteiger partial charge in [0.15, 0.2) is 0 Å². The highest BCUT2D eigenvalue weighted by Gasteiger charge is 2.09. The maximum Gasteiger partial charge on any atom is 0.211 e.